The molecule has 1 amide bonds. The van der Waals surface area contributed by atoms with Crippen LogP contribution in [0.1, 0.15) is 10.5 Å². The van der Waals surface area contributed by atoms with E-state index in [-0.39, 0.29) is 5.91 Å². The fraction of sp³-hybridized carbons (Fsp3) is 0.250. The highest BCUT2D eigenvalue weighted by Gasteiger charge is 2.22. The number of halogens is 2. The Labute approximate surface area is 115 Å². The first-order chi connectivity index (χ1) is 8.47. The van der Waals surface area contributed by atoms with Crippen molar-refractivity contribution in [1.82, 2.24) is 9.63 Å². The molecule has 0 saturated heterocycles. The molecule has 0 aliphatic rings. The maximum absolute atomic E-state index is 12.1. The third kappa shape index (κ3) is 1.96. The van der Waals surface area contributed by atoms with Crippen molar-refractivity contribution in [2.75, 3.05) is 14.2 Å². The first kappa shape index (κ1) is 13.2. The molecule has 1 heterocycles. The van der Waals surface area contributed by atoms with Crippen LogP contribution in [0.3, 0.4) is 0 Å². The molecule has 0 fully saturated rings. The van der Waals surface area contributed by atoms with Gasteiger partial charge >= 0.3 is 0 Å². The lowest BCUT2D eigenvalue weighted by Crippen LogP contribution is -2.27. The van der Waals surface area contributed by atoms with Crippen LogP contribution < -0.4 is 0 Å². The van der Waals surface area contributed by atoms with E-state index in [1.807, 2.05) is 6.07 Å². The largest absolute Gasteiger partial charge is 0.338 e. The summed E-state index contributed by atoms with van der Waals surface area (Å²) in [5.41, 5.74) is 1.22. The number of hydrogen-bond donors (Lipinski definition) is 0. The van der Waals surface area contributed by atoms with Crippen molar-refractivity contribution < 1.29 is 9.63 Å². The van der Waals surface area contributed by atoms with Crippen LogP contribution in [-0.4, -0.2) is 29.7 Å². The normalized spacial score (nSPS) is 10.9. The molecular weight excluding hydrogens is 275 g/mol. The van der Waals surface area contributed by atoms with Crippen LogP contribution in [0.5, 0.6) is 0 Å². The molecule has 0 N–H and O–H groups in total. The maximum atomic E-state index is 12.1. The van der Waals surface area contributed by atoms with Crippen molar-refractivity contribution in [3.63, 3.8) is 0 Å². The van der Waals surface area contributed by atoms with Crippen LogP contribution in [0.25, 0.3) is 10.9 Å². The molecule has 4 nitrogen and oxygen atoms in total. The zero-order valence-electron chi connectivity index (χ0n) is 10.2. The van der Waals surface area contributed by atoms with Gasteiger partial charge in [0, 0.05) is 24.5 Å². The van der Waals surface area contributed by atoms with E-state index in [4.69, 9.17) is 28.0 Å². The average molecular weight is 287 g/mol. The Balaban J connectivity index is 2.69. The lowest BCUT2D eigenvalue weighted by Gasteiger charge is -2.14. The van der Waals surface area contributed by atoms with Crippen molar-refractivity contribution in [2.24, 2.45) is 7.05 Å². The zero-order valence-corrected chi connectivity index (χ0v) is 11.7. The summed E-state index contributed by atoms with van der Waals surface area (Å²) in [6.45, 7) is 0. The van der Waals surface area contributed by atoms with E-state index >= 15 is 0 Å². The van der Waals surface area contributed by atoms with Crippen molar-refractivity contribution in [1.29, 1.82) is 0 Å². The Morgan fingerprint density at radius 2 is 2.06 bits per heavy atom. The molecule has 0 atom stereocenters. The Morgan fingerprint density at radius 1 is 1.39 bits per heavy atom. The highest BCUT2D eigenvalue weighted by molar-refractivity contribution is 6.39. The van der Waals surface area contributed by atoms with Crippen molar-refractivity contribution >= 4 is 40.0 Å². The van der Waals surface area contributed by atoms with Crippen molar-refractivity contribution in [2.45, 2.75) is 0 Å². The fourth-order valence-corrected chi connectivity index (χ4v) is 2.37. The van der Waals surface area contributed by atoms with E-state index in [9.17, 15) is 4.79 Å². The predicted octanol–water partition coefficient (Wildman–Crippen LogP) is 3.12. The summed E-state index contributed by atoms with van der Waals surface area (Å²) in [7, 11) is 4.73. The highest BCUT2D eigenvalue weighted by atomic mass is 35.5. The fourth-order valence-electron chi connectivity index (χ4n) is 1.84. The first-order valence-electron chi connectivity index (χ1n) is 5.23. The number of rotatable bonds is 2. The SMILES string of the molecule is CON(C)C(=O)c1c(Cl)c2cc(Cl)ccc2n1C. The zero-order chi connectivity index (χ0) is 13.4. The minimum Gasteiger partial charge on any atom is -0.338 e. The van der Waals surface area contributed by atoms with Gasteiger partial charge in [0.25, 0.3) is 5.91 Å². The monoisotopic (exact) mass is 286 g/mol. The van der Waals surface area contributed by atoms with Gasteiger partial charge in [0.2, 0.25) is 0 Å². The molecule has 0 radical (unpaired) electrons. The second-order valence-corrected chi connectivity index (χ2v) is 4.68. The number of hydroxylamine groups is 2. The summed E-state index contributed by atoms with van der Waals surface area (Å²) >= 11 is 12.2. The van der Waals surface area contributed by atoms with E-state index < -0.39 is 0 Å². The lowest BCUT2D eigenvalue weighted by atomic mass is 10.2. The Morgan fingerprint density at radius 3 is 2.67 bits per heavy atom. The topological polar surface area (TPSA) is 34.5 Å². The quantitative estimate of drug-likeness (QED) is 0.795. The molecule has 2 rings (SSSR count). The number of benzene rings is 1. The van der Waals surface area contributed by atoms with Crippen LogP contribution >= 0.6 is 23.2 Å². The number of nitrogens with zero attached hydrogens (tertiary/aromatic N) is 2. The van der Waals surface area contributed by atoms with Gasteiger partial charge in [-0.15, -0.1) is 0 Å². The van der Waals surface area contributed by atoms with Gasteiger partial charge in [0.15, 0.2) is 0 Å². The van der Waals surface area contributed by atoms with Crippen LogP contribution in [0.15, 0.2) is 18.2 Å². The smallest absolute Gasteiger partial charge is 0.295 e. The van der Waals surface area contributed by atoms with Crippen molar-refractivity contribution in [3.8, 4) is 0 Å². The van der Waals surface area contributed by atoms with Crippen LogP contribution in [-0.2, 0) is 11.9 Å². The number of aromatic nitrogens is 1. The van der Waals surface area contributed by atoms with E-state index in [0.717, 1.165) is 16.0 Å². The molecular formula is C12H12Cl2N2O2. The van der Waals surface area contributed by atoms with E-state index in [1.165, 1.54) is 14.2 Å². The van der Waals surface area contributed by atoms with Crippen LogP contribution in [0, 0.1) is 0 Å². The number of hydrogen-bond acceptors (Lipinski definition) is 2. The standard InChI is InChI=1S/C12H12Cl2N2O2/c1-15-9-5-4-7(13)6-8(9)10(14)11(15)12(17)16(2)18-3/h4-6H,1-3H3. The minimum absolute atomic E-state index is 0.308. The number of aryl methyl sites for hydroxylation is 1. The van der Waals surface area contributed by atoms with Crippen LogP contribution in [0.2, 0.25) is 10.0 Å². The molecule has 0 aliphatic heterocycles. The molecule has 1 aromatic heterocycles. The molecule has 6 heteroatoms. The highest BCUT2D eigenvalue weighted by Crippen LogP contribution is 2.32. The first-order valence-corrected chi connectivity index (χ1v) is 5.98. The van der Waals surface area contributed by atoms with Gasteiger partial charge < -0.3 is 4.57 Å². The molecule has 18 heavy (non-hydrogen) atoms. The molecule has 0 spiro atoms. The van der Waals surface area contributed by atoms with Gasteiger partial charge in [-0.3, -0.25) is 9.63 Å². The molecule has 96 valence electrons. The summed E-state index contributed by atoms with van der Waals surface area (Å²) in [6, 6.07) is 5.32. The van der Waals surface area contributed by atoms with E-state index in [0.29, 0.717) is 15.7 Å². The molecule has 1 aromatic carbocycles. The third-order valence-electron chi connectivity index (χ3n) is 2.86. The van der Waals surface area contributed by atoms with Crippen LogP contribution in [0.4, 0.5) is 0 Å². The minimum atomic E-state index is -0.308. The molecule has 0 saturated carbocycles. The number of fused-ring (bicyclic) bond motifs is 1. The number of carbonyl (C=O) groups excluding carboxylic acids is 1. The Bertz CT molecular complexity index is 622. The van der Waals surface area contributed by atoms with Crippen molar-refractivity contribution in [3.05, 3.63) is 33.9 Å². The molecule has 2 aromatic rings. The van der Waals surface area contributed by atoms with Gasteiger partial charge in [-0.05, 0) is 18.2 Å². The van der Waals surface area contributed by atoms with E-state index in [2.05, 4.69) is 0 Å². The lowest BCUT2D eigenvalue weighted by molar-refractivity contribution is -0.0762. The molecule has 0 aliphatic carbocycles. The summed E-state index contributed by atoms with van der Waals surface area (Å²) in [4.78, 5) is 17.0. The Hall–Kier alpha value is -1.23. The second kappa shape index (κ2) is 4.80. The number of carbonyl (C=O) groups is 1. The summed E-state index contributed by atoms with van der Waals surface area (Å²) in [5, 5.41) is 2.83. The number of amides is 1. The summed E-state index contributed by atoms with van der Waals surface area (Å²) in [6.07, 6.45) is 0. The summed E-state index contributed by atoms with van der Waals surface area (Å²) < 4.78 is 1.73. The van der Waals surface area contributed by atoms with Gasteiger partial charge in [-0.2, -0.15) is 0 Å². The predicted molar refractivity (Wildman–Crippen MR) is 72.0 cm³/mol. The van der Waals surface area contributed by atoms with Gasteiger partial charge in [0.05, 0.1) is 17.6 Å². The Kier molecular flexibility index (Phi) is 3.52. The second-order valence-electron chi connectivity index (χ2n) is 3.87. The molecule has 0 bridgehead atoms. The van der Waals surface area contributed by atoms with E-state index in [1.54, 1.807) is 23.7 Å². The molecule has 0 unspecified atom stereocenters. The van der Waals surface area contributed by atoms with Gasteiger partial charge in [-0.1, -0.05) is 23.2 Å². The average Bonchev–Trinajstić information content (AvgIpc) is 2.60. The third-order valence-corrected chi connectivity index (χ3v) is 3.48. The van der Waals surface area contributed by atoms with Gasteiger partial charge in [0.1, 0.15) is 5.69 Å². The maximum Gasteiger partial charge on any atom is 0.295 e. The summed E-state index contributed by atoms with van der Waals surface area (Å²) in [5.74, 6) is -0.308. The van der Waals surface area contributed by atoms with Gasteiger partial charge in [-0.25, -0.2) is 5.06 Å².